The van der Waals surface area contributed by atoms with Crippen LogP contribution in [0.3, 0.4) is 0 Å². The van der Waals surface area contributed by atoms with Crippen molar-refractivity contribution in [1.29, 1.82) is 5.26 Å². The van der Waals surface area contributed by atoms with Gasteiger partial charge in [0.15, 0.2) is 12.4 Å². The normalized spacial score (nSPS) is 9.21. The predicted octanol–water partition coefficient (Wildman–Crippen LogP) is 2.44. The summed E-state index contributed by atoms with van der Waals surface area (Å²) in [6.07, 6.45) is 0. The Labute approximate surface area is 86.9 Å². The molecule has 72 valence electrons. The maximum atomic E-state index is 11.2. The van der Waals surface area contributed by atoms with Crippen LogP contribution in [-0.4, -0.2) is 12.4 Å². The van der Waals surface area contributed by atoms with E-state index in [9.17, 15) is 4.79 Å². The number of hydrogen-bond acceptors (Lipinski definition) is 3. The molecule has 0 saturated carbocycles. The molecule has 0 heterocycles. The van der Waals surface area contributed by atoms with Gasteiger partial charge in [-0.05, 0) is 25.1 Å². The van der Waals surface area contributed by atoms with Crippen molar-refractivity contribution in [2.45, 2.75) is 6.92 Å². The van der Waals surface area contributed by atoms with Gasteiger partial charge in [-0.1, -0.05) is 11.6 Å². The third-order valence-electron chi connectivity index (χ3n) is 1.61. The molecule has 0 bridgehead atoms. The number of nitrogens with zero attached hydrogens (tertiary/aromatic N) is 1. The number of ketones is 1. The number of hydrogen-bond donors (Lipinski definition) is 0. The van der Waals surface area contributed by atoms with Crippen LogP contribution in [0.4, 0.5) is 0 Å². The van der Waals surface area contributed by atoms with Gasteiger partial charge in [0.1, 0.15) is 11.8 Å². The van der Waals surface area contributed by atoms with Crippen LogP contribution in [0.1, 0.15) is 17.3 Å². The quantitative estimate of drug-likeness (QED) is 0.719. The molecule has 0 aromatic heterocycles. The molecule has 0 atom stereocenters. The fraction of sp³-hybridized carbons (Fsp3) is 0.200. The van der Waals surface area contributed by atoms with Crippen molar-refractivity contribution in [1.82, 2.24) is 0 Å². The average Bonchev–Trinajstić information content (AvgIpc) is 2.15. The molecule has 0 aliphatic rings. The van der Waals surface area contributed by atoms with Crippen molar-refractivity contribution in [3.63, 3.8) is 0 Å². The lowest BCUT2D eigenvalue weighted by Crippen LogP contribution is -2.01. The van der Waals surface area contributed by atoms with Crippen molar-refractivity contribution >= 4 is 17.4 Å². The van der Waals surface area contributed by atoms with Crippen molar-refractivity contribution in [3.05, 3.63) is 28.8 Å². The molecule has 0 amide bonds. The zero-order chi connectivity index (χ0) is 10.6. The summed E-state index contributed by atoms with van der Waals surface area (Å²) in [4.78, 5) is 11.2. The molecule has 0 radical (unpaired) electrons. The minimum Gasteiger partial charge on any atom is -0.478 e. The van der Waals surface area contributed by atoms with E-state index in [1.54, 1.807) is 12.1 Å². The highest BCUT2D eigenvalue weighted by Gasteiger charge is 2.08. The summed E-state index contributed by atoms with van der Waals surface area (Å²) in [7, 11) is 0. The summed E-state index contributed by atoms with van der Waals surface area (Å²) in [5.74, 6) is 0.254. The van der Waals surface area contributed by atoms with E-state index >= 15 is 0 Å². The molecule has 0 spiro atoms. The van der Waals surface area contributed by atoms with E-state index in [0.717, 1.165) is 0 Å². The number of benzene rings is 1. The first kappa shape index (κ1) is 10.6. The highest BCUT2D eigenvalue weighted by atomic mass is 35.5. The highest BCUT2D eigenvalue weighted by molar-refractivity contribution is 6.31. The van der Waals surface area contributed by atoms with Crippen LogP contribution in [0.25, 0.3) is 0 Å². The second-order valence-corrected chi connectivity index (χ2v) is 3.08. The summed E-state index contributed by atoms with van der Waals surface area (Å²) in [6.45, 7) is 1.34. The van der Waals surface area contributed by atoms with Gasteiger partial charge in [0.2, 0.25) is 0 Å². The molecule has 0 saturated heterocycles. The van der Waals surface area contributed by atoms with Gasteiger partial charge in [0.05, 0.1) is 5.56 Å². The van der Waals surface area contributed by atoms with Gasteiger partial charge in [-0.15, -0.1) is 0 Å². The summed E-state index contributed by atoms with van der Waals surface area (Å²) in [6, 6.07) is 6.55. The Kier molecular flexibility index (Phi) is 3.49. The Hall–Kier alpha value is -1.53. The van der Waals surface area contributed by atoms with Gasteiger partial charge in [0, 0.05) is 5.02 Å². The Bertz CT molecular complexity index is 396. The molecule has 0 aliphatic carbocycles. The van der Waals surface area contributed by atoms with Crippen molar-refractivity contribution in [2.75, 3.05) is 6.61 Å². The number of carbonyl (C=O) groups excluding carboxylic acids is 1. The van der Waals surface area contributed by atoms with E-state index in [4.69, 9.17) is 21.6 Å². The molecule has 0 aliphatic heterocycles. The topological polar surface area (TPSA) is 50.1 Å². The first-order valence-electron chi connectivity index (χ1n) is 3.95. The molecule has 4 heteroatoms. The number of halogens is 1. The van der Waals surface area contributed by atoms with E-state index in [1.165, 1.54) is 13.0 Å². The van der Waals surface area contributed by atoms with Crippen LogP contribution in [0.2, 0.25) is 5.02 Å². The predicted molar refractivity (Wildman–Crippen MR) is 52.6 cm³/mol. The molecule has 14 heavy (non-hydrogen) atoms. The Balaban J connectivity index is 3.03. The first-order valence-corrected chi connectivity index (χ1v) is 4.33. The first-order chi connectivity index (χ1) is 6.65. The van der Waals surface area contributed by atoms with Crippen LogP contribution < -0.4 is 4.74 Å². The lowest BCUT2D eigenvalue weighted by atomic mass is 10.1. The largest absolute Gasteiger partial charge is 0.478 e. The number of rotatable bonds is 3. The zero-order valence-electron chi connectivity index (χ0n) is 7.58. The highest BCUT2D eigenvalue weighted by Crippen LogP contribution is 2.23. The molecule has 1 aromatic carbocycles. The van der Waals surface area contributed by atoms with Gasteiger partial charge in [-0.25, -0.2) is 0 Å². The van der Waals surface area contributed by atoms with Crippen molar-refractivity contribution in [3.8, 4) is 11.8 Å². The molecule has 1 aromatic rings. The van der Waals surface area contributed by atoms with Crippen molar-refractivity contribution < 1.29 is 9.53 Å². The summed E-state index contributed by atoms with van der Waals surface area (Å²) in [5, 5.41) is 8.80. The number of nitriles is 1. The van der Waals surface area contributed by atoms with Crippen LogP contribution in [0.15, 0.2) is 18.2 Å². The molecule has 1 rings (SSSR count). The number of ether oxygens (including phenoxy) is 1. The monoisotopic (exact) mass is 209 g/mol. The van der Waals surface area contributed by atoms with E-state index in [0.29, 0.717) is 16.3 Å². The average molecular weight is 210 g/mol. The van der Waals surface area contributed by atoms with Gasteiger partial charge in [-0.3, -0.25) is 4.79 Å². The summed E-state index contributed by atoms with van der Waals surface area (Å²) < 4.78 is 5.06. The SMILES string of the molecule is CC(=O)c1cc(Cl)ccc1OCC#N. The van der Waals surface area contributed by atoms with Crippen LogP contribution in [-0.2, 0) is 0 Å². The van der Waals surface area contributed by atoms with Gasteiger partial charge in [0.25, 0.3) is 0 Å². The number of Topliss-reactive ketones (excluding diaryl/α,β-unsaturated/α-hetero) is 1. The van der Waals surface area contributed by atoms with Gasteiger partial charge in [-0.2, -0.15) is 5.26 Å². The van der Waals surface area contributed by atoms with E-state index in [2.05, 4.69) is 0 Å². The second kappa shape index (κ2) is 4.64. The maximum absolute atomic E-state index is 11.2. The standard InChI is InChI=1S/C10H8ClNO2/c1-7(13)9-6-8(11)2-3-10(9)14-5-4-12/h2-3,6H,5H2,1H3. The summed E-state index contributed by atoms with van der Waals surface area (Å²) in [5.41, 5.74) is 0.396. The molecule has 0 N–H and O–H groups in total. The lowest BCUT2D eigenvalue weighted by Gasteiger charge is -2.06. The van der Waals surface area contributed by atoms with Crippen LogP contribution in [0, 0.1) is 11.3 Å². The van der Waals surface area contributed by atoms with E-state index < -0.39 is 0 Å². The molecular weight excluding hydrogens is 202 g/mol. The summed E-state index contributed by atoms with van der Waals surface area (Å²) >= 11 is 5.72. The minimum atomic E-state index is -0.138. The fourth-order valence-electron chi connectivity index (χ4n) is 1.01. The molecule has 0 fully saturated rings. The Morgan fingerprint density at radius 3 is 2.93 bits per heavy atom. The lowest BCUT2D eigenvalue weighted by molar-refractivity contribution is 0.101. The van der Waals surface area contributed by atoms with Crippen molar-refractivity contribution in [2.24, 2.45) is 0 Å². The molecular formula is C10H8ClNO2. The second-order valence-electron chi connectivity index (χ2n) is 2.64. The minimum absolute atomic E-state index is 0.0814. The number of carbonyl (C=O) groups is 1. The molecule has 0 unspecified atom stereocenters. The molecule has 3 nitrogen and oxygen atoms in total. The maximum Gasteiger partial charge on any atom is 0.174 e. The van der Waals surface area contributed by atoms with Crippen LogP contribution in [0.5, 0.6) is 5.75 Å². The smallest absolute Gasteiger partial charge is 0.174 e. The fourth-order valence-corrected chi connectivity index (χ4v) is 1.19. The van der Waals surface area contributed by atoms with E-state index in [-0.39, 0.29) is 12.4 Å². The zero-order valence-corrected chi connectivity index (χ0v) is 8.34. The van der Waals surface area contributed by atoms with Crippen LogP contribution >= 0.6 is 11.6 Å². The third kappa shape index (κ3) is 2.48. The Morgan fingerprint density at radius 2 is 2.36 bits per heavy atom. The van der Waals surface area contributed by atoms with Gasteiger partial charge >= 0.3 is 0 Å². The van der Waals surface area contributed by atoms with E-state index in [1.807, 2.05) is 6.07 Å². The third-order valence-corrected chi connectivity index (χ3v) is 1.85. The Morgan fingerprint density at radius 1 is 1.64 bits per heavy atom. The van der Waals surface area contributed by atoms with Gasteiger partial charge < -0.3 is 4.74 Å².